The van der Waals surface area contributed by atoms with Crippen molar-refractivity contribution in [3.8, 4) is 0 Å². The number of carbonyl (C=O) groups is 1. The van der Waals surface area contributed by atoms with Crippen LogP contribution in [-0.4, -0.2) is 39.8 Å². The number of ether oxygens (including phenoxy) is 2. The standard InChI is InChI=1S/C22H23N3O6S2/c1-3-30-21(27)18-13(2)17-19(33-18)23-22(24(20(17)26)11-16-8-5-9-31-16)32-12-14-6-4-7-15(10-14)25(28)29/h4,6-7,10,16H,3,5,8-9,11-12H2,1-2H3/t16-/m0/s1. The lowest BCUT2D eigenvalue weighted by atomic mass is 10.2. The SMILES string of the molecule is CCOC(=O)c1sc2nc(SCc3cccc([N+](=O)[O-])c3)n(C[C@@H]3CCCO3)c(=O)c2c1C. The fraction of sp³-hybridized carbons (Fsp3) is 0.409. The van der Waals surface area contributed by atoms with E-state index in [0.29, 0.717) is 44.7 Å². The van der Waals surface area contributed by atoms with Crippen molar-refractivity contribution in [2.45, 2.75) is 50.2 Å². The summed E-state index contributed by atoms with van der Waals surface area (Å²) < 4.78 is 12.5. The highest BCUT2D eigenvalue weighted by Gasteiger charge is 2.25. The van der Waals surface area contributed by atoms with Gasteiger partial charge in [-0.25, -0.2) is 9.78 Å². The molecule has 0 amide bonds. The minimum atomic E-state index is -0.464. The Labute approximate surface area is 197 Å². The smallest absolute Gasteiger partial charge is 0.348 e. The summed E-state index contributed by atoms with van der Waals surface area (Å²) in [6.07, 6.45) is 1.72. The lowest BCUT2D eigenvalue weighted by Gasteiger charge is -2.16. The molecule has 0 unspecified atom stereocenters. The quantitative estimate of drug-likeness (QED) is 0.151. The number of thiophene rings is 1. The number of fused-ring (bicyclic) bond motifs is 1. The summed E-state index contributed by atoms with van der Waals surface area (Å²) in [5.41, 5.74) is 1.12. The second kappa shape index (κ2) is 10.0. The second-order valence-electron chi connectivity index (χ2n) is 7.62. The summed E-state index contributed by atoms with van der Waals surface area (Å²) >= 11 is 2.48. The van der Waals surface area contributed by atoms with E-state index in [1.807, 2.05) is 0 Å². The first-order valence-corrected chi connectivity index (χ1v) is 12.4. The van der Waals surface area contributed by atoms with E-state index in [9.17, 15) is 19.7 Å². The molecule has 4 rings (SSSR count). The number of hydrogen-bond acceptors (Lipinski definition) is 9. The highest BCUT2D eigenvalue weighted by atomic mass is 32.2. The Morgan fingerprint density at radius 3 is 2.97 bits per heavy atom. The maximum atomic E-state index is 13.5. The molecule has 1 atom stereocenters. The zero-order valence-corrected chi connectivity index (χ0v) is 19.9. The van der Waals surface area contributed by atoms with E-state index < -0.39 is 10.9 Å². The van der Waals surface area contributed by atoms with Crippen molar-refractivity contribution in [3.05, 3.63) is 60.7 Å². The molecule has 9 nitrogen and oxygen atoms in total. The van der Waals surface area contributed by atoms with E-state index in [4.69, 9.17) is 14.5 Å². The molecule has 1 fully saturated rings. The maximum Gasteiger partial charge on any atom is 0.348 e. The van der Waals surface area contributed by atoms with Crippen LogP contribution in [0.15, 0.2) is 34.2 Å². The molecule has 0 radical (unpaired) electrons. The molecule has 1 aliphatic heterocycles. The van der Waals surface area contributed by atoms with Gasteiger partial charge in [-0.2, -0.15) is 0 Å². The first kappa shape index (κ1) is 23.4. The van der Waals surface area contributed by atoms with Gasteiger partial charge in [0.15, 0.2) is 5.16 Å². The van der Waals surface area contributed by atoms with Gasteiger partial charge in [0.2, 0.25) is 0 Å². The van der Waals surface area contributed by atoms with Crippen molar-refractivity contribution >= 4 is 45.0 Å². The zero-order valence-electron chi connectivity index (χ0n) is 18.2. The van der Waals surface area contributed by atoms with Crippen LogP contribution in [0.3, 0.4) is 0 Å². The van der Waals surface area contributed by atoms with Gasteiger partial charge in [-0.3, -0.25) is 19.5 Å². The molecule has 0 spiro atoms. The largest absolute Gasteiger partial charge is 0.462 e. The molecule has 33 heavy (non-hydrogen) atoms. The molecule has 11 heteroatoms. The molecule has 0 saturated carbocycles. The van der Waals surface area contributed by atoms with E-state index in [1.54, 1.807) is 30.5 Å². The zero-order chi connectivity index (χ0) is 23.5. The normalized spacial score (nSPS) is 15.8. The second-order valence-corrected chi connectivity index (χ2v) is 9.56. The molecule has 0 N–H and O–H groups in total. The summed E-state index contributed by atoms with van der Waals surface area (Å²) in [6, 6.07) is 6.40. The number of aromatic nitrogens is 2. The number of aryl methyl sites for hydroxylation is 1. The van der Waals surface area contributed by atoms with Crippen LogP contribution < -0.4 is 5.56 Å². The molecule has 3 aromatic rings. The van der Waals surface area contributed by atoms with Crippen LogP contribution in [0.25, 0.3) is 10.2 Å². The van der Waals surface area contributed by atoms with Crippen LogP contribution in [0.2, 0.25) is 0 Å². The summed E-state index contributed by atoms with van der Waals surface area (Å²) in [6.45, 7) is 4.74. The third-order valence-corrected chi connectivity index (χ3v) is 7.59. The Bertz CT molecular complexity index is 1260. The molecule has 174 valence electrons. The molecule has 0 bridgehead atoms. The van der Waals surface area contributed by atoms with Crippen LogP contribution in [0.1, 0.15) is 40.6 Å². The summed E-state index contributed by atoms with van der Waals surface area (Å²) in [4.78, 5) is 42.1. The average molecular weight is 490 g/mol. The van der Waals surface area contributed by atoms with Crippen LogP contribution in [0, 0.1) is 17.0 Å². The molecule has 1 aromatic carbocycles. The lowest BCUT2D eigenvalue weighted by molar-refractivity contribution is -0.384. The average Bonchev–Trinajstić information content (AvgIpc) is 3.42. The molecular formula is C22H23N3O6S2. The Morgan fingerprint density at radius 2 is 2.27 bits per heavy atom. The Balaban J connectivity index is 1.74. The van der Waals surface area contributed by atoms with Crippen LogP contribution in [0.4, 0.5) is 5.69 Å². The number of nitro benzene ring substituents is 1. The minimum absolute atomic E-state index is 0.0150. The van der Waals surface area contributed by atoms with Crippen molar-refractivity contribution in [1.82, 2.24) is 9.55 Å². The number of hydrogen-bond donors (Lipinski definition) is 0. The first-order chi connectivity index (χ1) is 15.9. The van der Waals surface area contributed by atoms with Crippen LogP contribution >= 0.6 is 23.1 Å². The number of benzene rings is 1. The van der Waals surface area contributed by atoms with Gasteiger partial charge in [0.05, 0.1) is 29.6 Å². The van der Waals surface area contributed by atoms with Crippen molar-refractivity contribution < 1.29 is 19.2 Å². The monoisotopic (exact) mass is 489 g/mol. The predicted molar refractivity (Wildman–Crippen MR) is 126 cm³/mol. The van der Waals surface area contributed by atoms with Gasteiger partial charge in [0, 0.05) is 24.5 Å². The first-order valence-electron chi connectivity index (χ1n) is 10.6. The lowest BCUT2D eigenvalue weighted by Crippen LogP contribution is -2.28. The van der Waals surface area contributed by atoms with Crippen molar-refractivity contribution in [3.63, 3.8) is 0 Å². The molecule has 0 aliphatic carbocycles. The maximum absolute atomic E-state index is 13.5. The third-order valence-electron chi connectivity index (χ3n) is 5.38. The molecule has 1 saturated heterocycles. The van der Waals surface area contributed by atoms with E-state index in [0.717, 1.165) is 29.7 Å². The molecule has 2 aromatic heterocycles. The minimum Gasteiger partial charge on any atom is -0.462 e. The van der Waals surface area contributed by atoms with E-state index in [2.05, 4.69) is 0 Å². The number of non-ortho nitro benzene ring substituents is 1. The number of esters is 1. The number of thioether (sulfide) groups is 1. The van der Waals surface area contributed by atoms with E-state index in [1.165, 1.54) is 23.9 Å². The Kier molecular flexibility index (Phi) is 7.11. The highest BCUT2D eigenvalue weighted by molar-refractivity contribution is 7.98. The number of nitro groups is 1. The molecule has 1 aliphatic rings. The van der Waals surface area contributed by atoms with Crippen molar-refractivity contribution in [2.24, 2.45) is 0 Å². The predicted octanol–water partition coefficient (Wildman–Crippen LogP) is 4.32. The Morgan fingerprint density at radius 1 is 1.45 bits per heavy atom. The third kappa shape index (κ3) is 4.94. The van der Waals surface area contributed by atoms with Gasteiger partial charge < -0.3 is 9.47 Å². The van der Waals surface area contributed by atoms with Gasteiger partial charge in [0.25, 0.3) is 11.2 Å². The van der Waals surface area contributed by atoms with Gasteiger partial charge in [-0.05, 0) is 37.8 Å². The molecule has 3 heterocycles. The van der Waals surface area contributed by atoms with E-state index >= 15 is 0 Å². The van der Waals surface area contributed by atoms with Gasteiger partial charge in [0.1, 0.15) is 9.71 Å². The van der Waals surface area contributed by atoms with Crippen molar-refractivity contribution in [1.29, 1.82) is 0 Å². The van der Waals surface area contributed by atoms with Crippen molar-refractivity contribution in [2.75, 3.05) is 13.2 Å². The van der Waals surface area contributed by atoms with Gasteiger partial charge >= 0.3 is 5.97 Å². The Hall–Kier alpha value is -2.76. The number of carbonyl (C=O) groups excluding carboxylic acids is 1. The highest BCUT2D eigenvalue weighted by Crippen LogP contribution is 2.31. The number of nitrogens with zero attached hydrogens (tertiary/aromatic N) is 3. The summed E-state index contributed by atoms with van der Waals surface area (Å²) in [5.74, 6) is -0.0610. The number of rotatable bonds is 8. The summed E-state index contributed by atoms with van der Waals surface area (Å²) in [5, 5.41) is 12.0. The van der Waals surface area contributed by atoms with Gasteiger partial charge in [-0.15, -0.1) is 11.3 Å². The summed E-state index contributed by atoms with van der Waals surface area (Å²) in [7, 11) is 0. The molecular weight excluding hydrogens is 466 g/mol. The van der Waals surface area contributed by atoms with Gasteiger partial charge in [-0.1, -0.05) is 23.9 Å². The van der Waals surface area contributed by atoms with Crippen LogP contribution in [0.5, 0.6) is 0 Å². The topological polar surface area (TPSA) is 114 Å². The fourth-order valence-corrected chi connectivity index (χ4v) is 5.83. The fourth-order valence-electron chi connectivity index (χ4n) is 3.76. The van der Waals surface area contributed by atoms with Crippen LogP contribution in [-0.2, 0) is 21.8 Å². The van der Waals surface area contributed by atoms with E-state index in [-0.39, 0.29) is 24.0 Å².